The molecule has 0 bridgehead atoms. The third-order valence-corrected chi connectivity index (χ3v) is 5.02. The minimum absolute atomic E-state index is 0.0875. The number of aliphatic hydroxyl groups excluding tert-OH is 1. The lowest BCUT2D eigenvalue weighted by Crippen LogP contribution is -2.31. The first kappa shape index (κ1) is 20.6. The number of aryl methyl sites for hydroxylation is 1. The van der Waals surface area contributed by atoms with E-state index >= 15 is 0 Å². The molecule has 1 heterocycles. The first-order chi connectivity index (χ1) is 14.0. The van der Waals surface area contributed by atoms with Crippen LogP contribution in [0.15, 0.2) is 54.1 Å². The van der Waals surface area contributed by atoms with E-state index in [2.05, 4.69) is 0 Å². The van der Waals surface area contributed by atoms with Crippen molar-refractivity contribution in [3.05, 3.63) is 70.8 Å². The van der Waals surface area contributed by atoms with Crippen molar-refractivity contribution in [1.29, 1.82) is 0 Å². The lowest BCUT2D eigenvalue weighted by atomic mass is 9.95. The van der Waals surface area contributed by atoms with E-state index in [0.29, 0.717) is 36.4 Å². The van der Waals surface area contributed by atoms with E-state index in [4.69, 9.17) is 9.47 Å². The van der Waals surface area contributed by atoms with Crippen molar-refractivity contribution in [2.45, 2.75) is 19.4 Å². The van der Waals surface area contributed by atoms with Gasteiger partial charge in [-0.15, -0.1) is 0 Å². The minimum atomic E-state index is -0.691. The average molecular weight is 395 g/mol. The van der Waals surface area contributed by atoms with Crippen molar-refractivity contribution in [2.75, 3.05) is 27.4 Å². The maximum atomic E-state index is 12.9. The van der Waals surface area contributed by atoms with Crippen molar-refractivity contribution in [3.8, 4) is 5.75 Å². The van der Waals surface area contributed by atoms with Crippen molar-refractivity contribution in [3.63, 3.8) is 0 Å². The Morgan fingerprint density at radius 3 is 2.48 bits per heavy atom. The summed E-state index contributed by atoms with van der Waals surface area (Å²) in [7, 11) is 3.14. The van der Waals surface area contributed by atoms with Gasteiger partial charge in [0.2, 0.25) is 0 Å². The third-order valence-electron chi connectivity index (χ3n) is 5.02. The molecule has 0 aliphatic carbocycles. The second kappa shape index (κ2) is 8.92. The van der Waals surface area contributed by atoms with Crippen LogP contribution in [-0.2, 0) is 14.3 Å². The molecule has 3 rings (SSSR count). The third kappa shape index (κ3) is 4.17. The minimum Gasteiger partial charge on any atom is -0.507 e. The molecule has 152 valence electrons. The smallest absolute Gasteiger partial charge is 0.295 e. The number of nitrogens with zero attached hydrogens (tertiary/aromatic N) is 1. The van der Waals surface area contributed by atoms with Crippen LogP contribution >= 0.6 is 0 Å². The Morgan fingerprint density at radius 1 is 1.10 bits per heavy atom. The number of Topliss-reactive ketones (excluding diaryl/α,β-unsaturated/α-hetero) is 1. The SMILES string of the molecule is COCCCN1C(=O)C(=O)C(=C(O)c2ccc(C)cc2)C1c1cccc(OC)c1. The van der Waals surface area contributed by atoms with Crippen molar-refractivity contribution < 1.29 is 24.2 Å². The number of rotatable bonds is 7. The summed E-state index contributed by atoms with van der Waals surface area (Å²) in [4.78, 5) is 27.2. The molecular formula is C23H25NO5. The van der Waals surface area contributed by atoms with E-state index in [1.165, 1.54) is 4.90 Å². The highest BCUT2D eigenvalue weighted by molar-refractivity contribution is 6.46. The predicted molar refractivity (Wildman–Crippen MR) is 110 cm³/mol. The number of ketones is 1. The van der Waals surface area contributed by atoms with Crippen LogP contribution in [-0.4, -0.2) is 49.1 Å². The van der Waals surface area contributed by atoms with E-state index in [0.717, 1.165) is 5.56 Å². The number of carbonyl (C=O) groups excluding carboxylic acids is 2. The molecule has 1 aliphatic rings. The van der Waals surface area contributed by atoms with Gasteiger partial charge in [-0.05, 0) is 31.0 Å². The first-order valence-corrected chi connectivity index (χ1v) is 9.46. The average Bonchev–Trinajstić information content (AvgIpc) is 2.99. The summed E-state index contributed by atoms with van der Waals surface area (Å²) < 4.78 is 10.4. The number of hydrogen-bond acceptors (Lipinski definition) is 5. The molecule has 29 heavy (non-hydrogen) atoms. The Morgan fingerprint density at radius 2 is 1.83 bits per heavy atom. The van der Waals surface area contributed by atoms with Gasteiger partial charge in [-0.1, -0.05) is 42.0 Å². The van der Waals surface area contributed by atoms with Gasteiger partial charge in [-0.3, -0.25) is 9.59 Å². The van der Waals surface area contributed by atoms with Crippen LogP contribution in [0.3, 0.4) is 0 Å². The van der Waals surface area contributed by atoms with Crippen molar-refractivity contribution in [2.24, 2.45) is 0 Å². The van der Waals surface area contributed by atoms with Crippen LogP contribution in [0.2, 0.25) is 0 Å². The molecule has 1 saturated heterocycles. The summed E-state index contributed by atoms with van der Waals surface area (Å²) in [6.07, 6.45) is 0.578. The molecule has 2 aromatic carbocycles. The monoisotopic (exact) mass is 395 g/mol. The van der Waals surface area contributed by atoms with Crippen LogP contribution in [0.25, 0.3) is 5.76 Å². The number of ether oxygens (including phenoxy) is 2. The van der Waals surface area contributed by atoms with E-state index in [-0.39, 0.29) is 11.3 Å². The molecule has 1 fully saturated rings. The number of carbonyl (C=O) groups is 2. The summed E-state index contributed by atoms with van der Waals surface area (Å²) in [6.45, 7) is 2.74. The van der Waals surface area contributed by atoms with Gasteiger partial charge in [0, 0.05) is 25.8 Å². The largest absolute Gasteiger partial charge is 0.507 e. The molecule has 1 amide bonds. The molecule has 2 aromatic rings. The number of hydrogen-bond donors (Lipinski definition) is 1. The lowest BCUT2D eigenvalue weighted by molar-refractivity contribution is -0.140. The Kier molecular flexibility index (Phi) is 6.34. The Labute approximate surface area is 170 Å². The zero-order valence-electron chi connectivity index (χ0n) is 16.8. The van der Waals surface area contributed by atoms with Crippen molar-refractivity contribution >= 4 is 17.4 Å². The summed E-state index contributed by atoms with van der Waals surface area (Å²) in [5.74, 6) is -0.873. The zero-order valence-corrected chi connectivity index (χ0v) is 16.8. The van der Waals surface area contributed by atoms with Crippen LogP contribution in [0.5, 0.6) is 5.75 Å². The van der Waals surface area contributed by atoms with Crippen LogP contribution in [0.1, 0.15) is 29.2 Å². The molecule has 1 atom stereocenters. The molecule has 1 aliphatic heterocycles. The van der Waals surface area contributed by atoms with E-state index in [9.17, 15) is 14.7 Å². The molecule has 0 spiro atoms. The molecule has 0 radical (unpaired) electrons. The first-order valence-electron chi connectivity index (χ1n) is 9.46. The van der Waals surface area contributed by atoms with Crippen molar-refractivity contribution in [1.82, 2.24) is 4.90 Å². The summed E-state index contributed by atoms with van der Waals surface area (Å²) in [5.41, 5.74) is 2.32. The highest BCUT2D eigenvalue weighted by Gasteiger charge is 2.45. The number of likely N-dealkylation sites (tertiary alicyclic amines) is 1. The molecule has 1 N–H and O–H groups in total. The lowest BCUT2D eigenvalue weighted by Gasteiger charge is -2.25. The van der Waals surface area contributed by atoms with Gasteiger partial charge in [0.05, 0.1) is 18.7 Å². The normalized spacial score (nSPS) is 18.3. The summed E-state index contributed by atoms with van der Waals surface area (Å²) in [5, 5.41) is 11.0. The van der Waals surface area contributed by atoms with Gasteiger partial charge in [0.1, 0.15) is 11.5 Å². The number of benzene rings is 2. The zero-order chi connectivity index (χ0) is 21.0. The molecule has 1 unspecified atom stereocenters. The molecule has 0 aromatic heterocycles. The number of amides is 1. The van der Waals surface area contributed by atoms with Gasteiger partial charge in [0.25, 0.3) is 11.7 Å². The topological polar surface area (TPSA) is 76.1 Å². The van der Waals surface area contributed by atoms with Crippen LogP contribution in [0.4, 0.5) is 0 Å². The highest BCUT2D eigenvalue weighted by atomic mass is 16.5. The van der Waals surface area contributed by atoms with Crippen LogP contribution in [0, 0.1) is 6.92 Å². The molecule has 0 saturated carbocycles. The fraction of sp³-hybridized carbons (Fsp3) is 0.304. The Bertz CT molecular complexity index is 933. The predicted octanol–water partition coefficient (Wildman–Crippen LogP) is 3.46. The Balaban J connectivity index is 2.12. The van der Waals surface area contributed by atoms with E-state index in [1.807, 2.05) is 25.1 Å². The second-order valence-corrected chi connectivity index (χ2v) is 6.98. The Hall–Kier alpha value is -3.12. The van der Waals surface area contributed by atoms with Gasteiger partial charge >= 0.3 is 0 Å². The van der Waals surface area contributed by atoms with Gasteiger partial charge in [0.15, 0.2) is 0 Å². The summed E-state index contributed by atoms with van der Waals surface area (Å²) >= 11 is 0. The maximum absolute atomic E-state index is 12.9. The fourth-order valence-corrected chi connectivity index (χ4v) is 3.51. The number of aliphatic hydroxyl groups is 1. The molecule has 6 nitrogen and oxygen atoms in total. The molecular weight excluding hydrogens is 370 g/mol. The standard InChI is InChI=1S/C23H25NO5/c1-15-8-10-16(11-9-15)21(25)19-20(17-6-4-7-18(14-17)29-3)24(12-5-13-28-2)23(27)22(19)26/h4,6-11,14,20,25H,5,12-13H2,1-3H3. The van der Waals surface area contributed by atoms with E-state index in [1.54, 1.807) is 44.6 Å². The van der Waals surface area contributed by atoms with E-state index < -0.39 is 17.7 Å². The number of methoxy groups -OCH3 is 2. The van der Waals surface area contributed by atoms with Gasteiger partial charge in [-0.25, -0.2) is 0 Å². The second-order valence-electron chi connectivity index (χ2n) is 6.98. The highest BCUT2D eigenvalue weighted by Crippen LogP contribution is 2.40. The summed E-state index contributed by atoms with van der Waals surface area (Å²) in [6, 6.07) is 13.7. The fourth-order valence-electron chi connectivity index (χ4n) is 3.51. The maximum Gasteiger partial charge on any atom is 0.295 e. The molecule has 6 heteroatoms. The quantitative estimate of drug-likeness (QED) is 0.336. The van der Waals surface area contributed by atoms with Gasteiger partial charge < -0.3 is 19.5 Å². The van der Waals surface area contributed by atoms with Gasteiger partial charge in [-0.2, -0.15) is 0 Å². The van der Waals surface area contributed by atoms with Crippen LogP contribution < -0.4 is 4.74 Å².